The van der Waals surface area contributed by atoms with Gasteiger partial charge in [-0.2, -0.15) is 9.61 Å². The molecule has 0 saturated carbocycles. The molecule has 3 aromatic heterocycles. The predicted octanol–water partition coefficient (Wildman–Crippen LogP) is 3.40. The highest BCUT2D eigenvalue weighted by Gasteiger charge is 2.18. The van der Waals surface area contributed by atoms with E-state index in [1.54, 1.807) is 0 Å². The highest BCUT2D eigenvalue weighted by atomic mass is 32.1. The Morgan fingerprint density at radius 2 is 2.08 bits per heavy atom. The van der Waals surface area contributed by atoms with E-state index in [0.717, 1.165) is 24.3 Å². The third-order valence-electron chi connectivity index (χ3n) is 4.44. The molecule has 0 spiro atoms. The smallest absolute Gasteiger partial charge is 0.348 e. The van der Waals surface area contributed by atoms with Crippen LogP contribution in [0.4, 0.5) is 0 Å². The number of carbonyl (C=O) groups excluding carboxylic acids is 1. The summed E-state index contributed by atoms with van der Waals surface area (Å²) in [5, 5.41) is 5.06. The van der Waals surface area contributed by atoms with Crippen LogP contribution < -0.4 is 5.56 Å². The SMILES string of the molecule is CCc1nn2c(=O)cc(COC(=O)c3cc4c(s3)CCCCC4)nc2s1. The third-order valence-corrected chi connectivity index (χ3v) is 6.71. The Bertz CT molecular complexity index is 995. The topological polar surface area (TPSA) is 73.6 Å². The second-order valence-corrected chi connectivity index (χ2v) is 8.50. The summed E-state index contributed by atoms with van der Waals surface area (Å²) in [5.74, 6) is -0.344. The number of aromatic nitrogens is 3. The molecule has 26 heavy (non-hydrogen) atoms. The van der Waals surface area contributed by atoms with Gasteiger partial charge in [-0.15, -0.1) is 11.3 Å². The van der Waals surface area contributed by atoms with Gasteiger partial charge in [0, 0.05) is 10.9 Å². The van der Waals surface area contributed by atoms with Gasteiger partial charge in [0.25, 0.3) is 5.56 Å². The summed E-state index contributed by atoms with van der Waals surface area (Å²) >= 11 is 2.91. The molecule has 4 rings (SSSR count). The zero-order valence-corrected chi connectivity index (χ0v) is 16.1. The molecule has 0 N–H and O–H groups in total. The molecule has 1 aliphatic rings. The fourth-order valence-corrected chi connectivity index (χ4v) is 5.10. The van der Waals surface area contributed by atoms with Crippen molar-refractivity contribution >= 4 is 33.6 Å². The van der Waals surface area contributed by atoms with Crippen molar-refractivity contribution < 1.29 is 9.53 Å². The van der Waals surface area contributed by atoms with Crippen molar-refractivity contribution in [3.05, 3.63) is 48.5 Å². The van der Waals surface area contributed by atoms with Gasteiger partial charge in [-0.3, -0.25) is 4.79 Å². The van der Waals surface area contributed by atoms with Crippen LogP contribution in [0.2, 0.25) is 0 Å². The molecule has 0 unspecified atom stereocenters. The lowest BCUT2D eigenvalue weighted by Crippen LogP contribution is -2.16. The summed E-state index contributed by atoms with van der Waals surface area (Å²) in [7, 11) is 0. The normalized spacial score (nSPS) is 14.2. The Labute approximate surface area is 158 Å². The summed E-state index contributed by atoms with van der Waals surface area (Å²) < 4.78 is 6.70. The first kappa shape index (κ1) is 17.4. The standard InChI is InChI=1S/C18H19N3O3S2/c1-2-15-20-21-16(22)9-12(19-18(21)26-15)10-24-17(23)14-8-11-6-4-3-5-7-13(11)25-14/h8-9H,2-7,10H2,1H3. The molecule has 0 saturated heterocycles. The zero-order valence-electron chi connectivity index (χ0n) is 14.5. The first-order chi connectivity index (χ1) is 12.6. The maximum absolute atomic E-state index is 12.4. The molecule has 0 bridgehead atoms. The van der Waals surface area contributed by atoms with E-state index in [0.29, 0.717) is 15.5 Å². The second-order valence-electron chi connectivity index (χ2n) is 6.33. The first-order valence-electron chi connectivity index (χ1n) is 8.81. The van der Waals surface area contributed by atoms with Crippen LogP contribution in [0.1, 0.15) is 57.0 Å². The summed E-state index contributed by atoms with van der Waals surface area (Å²) in [6.45, 7) is 1.97. The monoisotopic (exact) mass is 389 g/mol. The van der Waals surface area contributed by atoms with E-state index in [9.17, 15) is 9.59 Å². The molecule has 0 fully saturated rings. The summed E-state index contributed by atoms with van der Waals surface area (Å²) in [4.78, 5) is 31.4. The number of aryl methyl sites for hydroxylation is 3. The third kappa shape index (κ3) is 3.43. The minimum atomic E-state index is -0.344. The number of fused-ring (bicyclic) bond motifs is 2. The van der Waals surface area contributed by atoms with Crippen LogP contribution in [0.25, 0.3) is 4.96 Å². The predicted molar refractivity (Wildman–Crippen MR) is 101 cm³/mol. The van der Waals surface area contributed by atoms with E-state index in [-0.39, 0.29) is 18.1 Å². The molecule has 0 amide bonds. The molecule has 6 nitrogen and oxygen atoms in total. The summed E-state index contributed by atoms with van der Waals surface area (Å²) in [6, 6.07) is 3.35. The van der Waals surface area contributed by atoms with Crippen LogP contribution in [0.5, 0.6) is 0 Å². The van der Waals surface area contributed by atoms with Crippen molar-refractivity contribution in [3.63, 3.8) is 0 Å². The molecule has 8 heteroatoms. The quantitative estimate of drug-likeness (QED) is 0.505. The Morgan fingerprint density at radius 3 is 2.92 bits per heavy atom. The van der Waals surface area contributed by atoms with Gasteiger partial charge < -0.3 is 4.74 Å². The number of hydrogen-bond donors (Lipinski definition) is 0. The van der Waals surface area contributed by atoms with Crippen LogP contribution in [0.15, 0.2) is 16.9 Å². The zero-order chi connectivity index (χ0) is 18.1. The van der Waals surface area contributed by atoms with E-state index in [1.807, 2.05) is 13.0 Å². The number of carbonyl (C=O) groups is 1. The van der Waals surface area contributed by atoms with Crippen molar-refractivity contribution in [2.45, 2.75) is 52.1 Å². The average molecular weight is 390 g/mol. The molecule has 0 aliphatic heterocycles. The Hall–Kier alpha value is -2.06. The lowest BCUT2D eigenvalue weighted by Gasteiger charge is -2.02. The lowest BCUT2D eigenvalue weighted by atomic mass is 10.1. The molecule has 0 radical (unpaired) electrons. The first-order valence-corrected chi connectivity index (χ1v) is 10.4. The number of thiophene rings is 1. The molecule has 3 aromatic rings. The van der Waals surface area contributed by atoms with Gasteiger partial charge in [0.2, 0.25) is 4.96 Å². The molecule has 0 atom stereocenters. The molecular weight excluding hydrogens is 370 g/mol. The Morgan fingerprint density at radius 1 is 1.23 bits per heavy atom. The van der Waals surface area contributed by atoms with E-state index in [1.165, 1.54) is 63.0 Å². The summed E-state index contributed by atoms with van der Waals surface area (Å²) in [5.41, 5.74) is 1.49. The average Bonchev–Trinajstić information content (AvgIpc) is 3.18. The Kier molecular flexibility index (Phi) is 4.86. The van der Waals surface area contributed by atoms with Crippen molar-refractivity contribution in [1.29, 1.82) is 0 Å². The van der Waals surface area contributed by atoms with Gasteiger partial charge in [-0.25, -0.2) is 9.78 Å². The maximum atomic E-state index is 12.4. The fraction of sp³-hybridized carbons (Fsp3) is 0.444. The van der Waals surface area contributed by atoms with Gasteiger partial charge in [0.05, 0.1) is 5.69 Å². The van der Waals surface area contributed by atoms with E-state index in [2.05, 4.69) is 10.1 Å². The molecular formula is C18H19N3O3S2. The number of hydrogen-bond acceptors (Lipinski definition) is 7. The Balaban J connectivity index is 1.49. The van der Waals surface area contributed by atoms with E-state index >= 15 is 0 Å². The van der Waals surface area contributed by atoms with Crippen molar-refractivity contribution in [2.24, 2.45) is 0 Å². The fourth-order valence-electron chi connectivity index (χ4n) is 3.09. The second kappa shape index (κ2) is 7.28. The van der Waals surface area contributed by atoms with Crippen LogP contribution >= 0.6 is 22.7 Å². The van der Waals surface area contributed by atoms with E-state index < -0.39 is 0 Å². The van der Waals surface area contributed by atoms with Crippen LogP contribution in [-0.4, -0.2) is 20.6 Å². The van der Waals surface area contributed by atoms with Gasteiger partial charge >= 0.3 is 5.97 Å². The van der Waals surface area contributed by atoms with Gasteiger partial charge in [-0.05, 0) is 43.7 Å². The van der Waals surface area contributed by atoms with Crippen LogP contribution in [-0.2, 0) is 30.6 Å². The number of nitrogens with zero attached hydrogens (tertiary/aromatic N) is 3. The van der Waals surface area contributed by atoms with E-state index in [4.69, 9.17) is 4.74 Å². The highest BCUT2D eigenvalue weighted by Crippen LogP contribution is 2.29. The van der Waals surface area contributed by atoms with Crippen molar-refractivity contribution in [1.82, 2.24) is 14.6 Å². The molecule has 3 heterocycles. The van der Waals surface area contributed by atoms with Crippen molar-refractivity contribution in [2.75, 3.05) is 0 Å². The maximum Gasteiger partial charge on any atom is 0.348 e. The van der Waals surface area contributed by atoms with Crippen LogP contribution in [0, 0.1) is 0 Å². The van der Waals surface area contributed by atoms with Gasteiger partial charge in [0.1, 0.15) is 16.5 Å². The highest BCUT2D eigenvalue weighted by molar-refractivity contribution is 7.16. The number of esters is 1. The largest absolute Gasteiger partial charge is 0.455 e. The van der Waals surface area contributed by atoms with Crippen molar-refractivity contribution in [3.8, 4) is 0 Å². The summed E-state index contributed by atoms with van der Waals surface area (Å²) in [6.07, 6.45) is 6.46. The number of ether oxygens (including phenoxy) is 1. The molecule has 0 aromatic carbocycles. The van der Waals surface area contributed by atoms with Gasteiger partial charge in [-0.1, -0.05) is 24.7 Å². The minimum Gasteiger partial charge on any atom is -0.455 e. The van der Waals surface area contributed by atoms with Gasteiger partial charge in [0.15, 0.2) is 0 Å². The lowest BCUT2D eigenvalue weighted by molar-refractivity contribution is 0.0473. The minimum absolute atomic E-state index is 0.00744. The molecule has 136 valence electrons. The number of rotatable bonds is 4. The van der Waals surface area contributed by atoms with Crippen LogP contribution in [0.3, 0.4) is 0 Å². The molecule has 1 aliphatic carbocycles.